The van der Waals surface area contributed by atoms with Gasteiger partial charge in [0.05, 0.1) is 0 Å². The Morgan fingerprint density at radius 1 is 0.900 bits per heavy atom. The van der Waals surface area contributed by atoms with E-state index in [4.69, 9.17) is 9.79 Å². The average Bonchev–Trinajstić information content (AvgIpc) is 2.69. The smallest absolute Gasteiger partial charge is 0.355 e. The maximum absolute atomic E-state index is 11.6. The predicted octanol–water partition coefficient (Wildman–Crippen LogP) is 6.01. The molecule has 0 saturated carbocycles. The van der Waals surface area contributed by atoms with Gasteiger partial charge >= 0.3 is 7.82 Å². The topological polar surface area (TPSA) is 95.9 Å². The van der Waals surface area contributed by atoms with E-state index in [0.29, 0.717) is 25.0 Å². The molecular formula is C22H38NO5PS. The van der Waals surface area contributed by atoms with Crippen LogP contribution in [-0.4, -0.2) is 28.0 Å². The molecule has 0 aliphatic heterocycles. The number of carbonyl (C=O) groups is 1. The third-order valence-corrected chi connectivity index (χ3v) is 5.46. The van der Waals surface area contributed by atoms with E-state index in [0.717, 1.165) is 32.1 Å². The molecule has 8 heteroatoms. The van der Waals surface area contributed by atoms with Crippen LogP contribution in [0.5, 0.6) is 0 Å². The molecule has 0 fully saturated rings. The Morgan fingerprint density at radius 3 is 1.97 bits per heavy atom. The first kappa shape index (κ1) is 28.9. The molecule has 0 unspecified atom stereocenters. The minimum absolute atomic E-state index is 0.0670. The lowest BCUT2D eigenvalue weighted by atomic mass is 10.2. The zero-order valence-electron chi connectivity index (χ0n) is 18.1. The van der Waals surface area contributed by atoms with Gasteiger partial charge in [-0.3, -0.25) is 4.79 Å². The standard InChI is InChI=1S/C22H38NO5PS/c1-2-3-4-5-6-7-8-9-10-11-12-13-14-15-16-17-18-19-22(24)23-20-21-30-28-29(25,26)27/h6-7,9-10,12-13,15-16H,2-5,8,11,14,17-21H2,1H3,(H,23,24)(H2,25,26,27). The van der Waals surface area contributed by atoms with Crippen LogP contribution in [0, 0.1) is 0 Å². The Kier molecular flexibility index (Phi) is 20.4. The Balaban J connectivity index is 3.50. The van der Waals surface area contributed by atoms with Crippen molar-refractivity contribution in [2.45, 2.75) is 71.1 Å². The van der Waals surface area contributed by atoms with Gasteiger partial charge in [-0.05, 0) is 44.9 Å². The third kappa shape index (κ3) is 24.9. The maximum atomic E-state index is 11.6. The number of carbonyl (C=O) groups excluding carboxylic acids is 1. The van der Waals surface area contributed by atoms with E-state index < -0.39 is 7.82 Å². The fourth-order valence-electron chi connectivity index (χ4n) is 2.37. The summed E-state index contributed by atoms with van der Waals surface area (Å²) in [5.74, 6) is 0.219. The fourth-order valence-corrected chi connectivity index (χ4v) is 3.40. The summed E-state index contributed by atoms with van der Waals surface area (Å²) in [6.45, 7) is 2.54. The molecule has 0 heterocycles. The first-order chi connectivity index (χ1) is 14.5. The normalized spacial score (nSPS) is 12.8. The van der Waals surface area contributed by atoms with Crippen molar-refractivity contribution in [2.75, 3.05) is 12.3 Å². The van der Waals surface area contributed by atoms with Gasteiger partial charge in [-0.15, -0.1) is 0 Å². The van der Waals surface area contributed by atoms with E-state index in [1.807, 2.05) is 0 Å². The molecule has 3 N–H and O–H groups in total. The summed E-state index contributed by atoms with van der Waals surface area (Å²) in [4.78, 5) is 28.6. The molecule has 0 saturated heterocycles. The number of rotatable bonds is 19. The number of hydrogen-bond acceptors (Lipinski definition) is 4. The van der Waals surface area contributed by atoms with Crippen LogP contribution in [0.3, 0.4) is 0 Å². The van der Waals surface area contributed by atoms with Crippen LogP contribution in [0.15, 0.2) is 48.6 Å². The van der Waals surface area contributed by atoms with Gasteiger partial charge in [0.25, 0.3) is 0 Å². The molecule has 0 rings (SSSR count). The Hall–Kier alpha value is -1.11. The highest BCUT2D eigenvalue weighted by Gasteiger charge is 2.13. The molecular weight excluding hydrogens is 421 g/mol. The predicted molar refractivity (Wildman–Crippen MR) is 127 cm³/mol. The minimum atomic E-state index is -4.45. The first-order valence-corrected chi connectivity index (χ1v) is 13.1. The van der Waals surface area contributed by atoms with Crippen molar-refractivity contribution >= 4 is 25.8 Å². The van der Waals surface area contributed by atoms with E-state index in [1.165, 1.54) is 25.7 Å². The maximum Gasteiger partial charge on any atom is 0.480 e. The van der Waals surface area contributed by atoms with Gasteiger partial charge in [-0.25, -0.2) is 8.54 Å². The van der Waals surface area contributed by atoms with Crippen LogP contribution in [0.4, 0.5) is 0 Å². The van der Waals surface area contributed by atoms with Crippen molar-refractivity contribution in [2.24, 2.45) is 0 Å². The second-order valence-electron chi connectivity index (χ2n) is 6.72. The van der Waals surface area contributed by atoms with Gasteiger partial charge in [-0.1, -0.05) is 68.4 Å². The second-order valence-corrected chi connectivity index (χ2v) is 8.94. The molecule has 0 aromatic rings. The number of unbranched alkanes of at least 4 members (excludes halogenated alkanes) is 4. The number of nitrogens with one attached hydrogen (secondary N) is 1. The van der Waals surface area contributed by atoms with Crippen molar-refractivity contribution in [1.29, 1.82) is 0 Å². The van der Waals surface area contributed by atoms with E-state index in [-0.39, 0.29) is 11.7 Å². The van der Waals surface area contributed by atoms with Gasteiger partial charge in [0, 0.05) is 30.8 Å². The summed E-state index contributed by atoms with van der Waals surface area (Å²) in [5, 5.41) is 2.68. The van der Waals surface area contributed by atoms with E-state index >= 15 is 0 Å². The highest BCUT2D eigenvalue weighted by Crippen LogP contribution is 2.40. The van der Waals surface area contributed by atoms with Crippen molar-refractivity contribution in [3.05, 3.63) is 48.6 Å². The van der Waals surface area contributed by atoms with Gasteiger partial charge in [0.15, 0.2) is 0 Å². The lowest BCUT2D eigenvalue weighted by Crippen LogP contribution is -2.25. The number of amides is 1. The van der Waals surface area contributed by atoms with E-state index in [1.54, 1.807) is 0 Å². The molecule has 0 aliphatic carbocycles. The quantitative estimate of drug-likeness (QED) is 0.0948. The van der Waals surface area contributed by atoms with Crippen molar-refractivity contribution in [1.82, 2.24) is 5.32 Å². The lowest BCUT2D eigenvalue weighted by molar-refractivity contribution is -0.121. The van der Waals surface area contributed by atoms with Crippen LogP contribution in [0.1, 0.15) is 71.1 Å². The minimum Gasteiger partial charge on any atom is -0.355 e. The molecule has 0 radical (unpaired) electrons. The van der Waals surface area contributed by atoms with Gasteiger partial charge in [0.2, 0.25) is 5.91 Å². The average molecular weight is 460 g/mol. The van der Waals surface area contributed by atoms with Crippen LogP contribution in [0.25, 0.3) is 0 Å². The van der Waals surface area contributed by atoms with Gasteiger partial charge in [-0.2, -0.15) is 0 Å². The SMILES string of the molecule is CCCCCC=CCC=CCC=CCC=CCCCC(=O)NCCSOP(=O)(O)O. The van der Waals surface area contributed by atoms with Crippen molar-refractivity contribution in [3.63, 3.8) is 0 Å². The summed E-state index contributed by atoms with van der Waals surface area (Å²) >= 11 is 0.650. The summed E-state index contributed by atoms with van der Waals surface area (Å²) in [5.41, 5.74) is 0. The van der Waals surface area contributed by atoms with Crippen LogP contribution in [-0.2, 0) is 13.3 Å². The third-order valence-electron chi connectivity index (χ3n) is 3.89. The molecule has 1 amide bonds. The fraction of sp³-hybridized carbons (Fsp3) is 0.591. The molecule has 0 atom stereocenters. The van der Waals surface area contributed by atoms with Gasteiger partial charge < -0.3 is 15.1 Å². The monoisotopic (exact) mass is 459 g/mol. The highest BCUT2D eigenvalue weighted by molar-refractivity contribution is 7.97. The molecule has 0 bridgehead atoms. The van der Waals surface area contributed by atoms with E-state index in [2.05, 4.69) is 64.8 Å². The Morgan fingerprint density at radius 2 is 1.43 bits per heavy atom. The van der Waals surface area contributed by atoms with Crippen molar-refractivity contribution in [3.8, 4) is 0 Å². The molecule has 0 spiro atoms. The number of hydrogen-bond donors (Lipinski definition) is 3. The van der Waals surface area contributed by atoms with Crippen LogP contribution < -0.4 is 5.32 Å². The summed E-state index contributed by atoms with van der Waals surface area (Å²) < 4.78 is 14.7. The summed E-state index contributed by atoms with van der Waals surface area (Å²) in [7, 11) is -4.45. The first-order valence-electron chi connectivity index (χ1n) is 10.7. The molecule has 0 aromatic heterocycles. The lowest BCUT2D eigenvalue weighted by Gasteiger charge is -2.05. The molecule has 172 valence electrons. The van der Waals surface area contributed by atoms with Crippen LogP contribution >= 0.6 is 19.9 Å². The summed E-state index contributed by atoms with van der Waals surface area (Å²) in [6.07, 6.45) is 27.4. The van der Waals surface area contributed by atoms with E-state index in [9.17, 15) is 9.36 Å². The Bertz CT molecular complexity index is 584. The summed E-state index contributed by atoms with van der Waals surface area (Å²) in [6, 6.07) is 0. The zero-order chi connectivity index (χ0) is 22.3. The van der Waals surface area contributed by atoms with Crippen molar-refractivity contribution < 1.29 is 23.1 Å². The molecule has 30 heavy (non-hydrogen) atoms. The molecule has 6 nitrogen and oxygen atoms in total. The number of phosphoric acid groups is 1. The highest BCUT2D eigenvalue weighted by atomic mass is 32.2. The Labute approximate surface area is 186 Å². The second kappa shape index (κ2) is 21.1. The zero-order valence-corrected chi connectivity index (χ0v) is 19.8. The van der Waals surface area contributed by atoms with Gasteiger partial charge in [0.1, 0.15) is 0 Å². The number of allylic oxidation sites excluding steroid dienone is 8. The molecule has 0 aromatic carbocycles. The molecule has 0 aliphatic rings. The van der Waals surface area contributed by atoms with Crippen LogP contribution in [0.2, 0.25) is 0 Å². The largest absolute Gasteiger partial charge is 0.480 e.